The summed E-state index contributed by atoms with van der Waals surface area (Å²) in [5.41, 5.74) is 6.16. The number of ether oxygens (including phenoxy) is 1. The monoisotopic (exact) mass is 452 g/mol. The minimum absolute atomic E-state index is 0. The third-order valence-electron chi connectivity index (χ3n) is 4.93. The number of hydrogen-bond donors (Lipinski definition) is 2. The number of hydrogen-bond acceptors (Lipinski definition) is 3. The van der Waals surface area contributed by atoms with Gasteiger partial charge in [-0.3, -0.25) is 9.89 Å². The van der Waals surface area contributed by atoms with E-state index in [0.717, 1.165) is 26.2 Å². The highest BCUT2D eigenvalue weighted by Gasteiger charge is 2.42. The fourth-order valence-electron chi connectivity index (χ4n) is 3.86. The maximum absolute atomic E-state index is 6.11. The number of nitrogens with one attached hydrogen (secondary N) is 1. The number of aliphatic imine (C=N–C) groups is 1. The van der Waals surface area contributed by atoms with Crippen LogP contribution in [0.25, 0.3) is 0 Å². The van der Waals surface area contributed by atoms with E-state index in [2.05, 4.69) is 44.8 Å². The van der Waals surface area contributed by atoms with E-state index in [4.69, 9.17) is 15.5 Å². The first-order valence-corrected chi connectivity index (χ1v) is 9.09. The first kappa shape index (κ1) is 22.0. The molecule has 2 fully saturated rings. The quantitative estimate of drug-likeness (QED) is 0.393. The minimum Gasteiger partial charge on any atom is -0.373 e. The normalized spacial score (nSPS) is 25.0. The van der Waals surface area contributed by atoms with Crippen LogP contribution in [0, 0.1) is 0 Å². The van der Waals surface area contributed by atoms with Gasteiger partial charge in [0.1, 0.15) is 0 Å². The van der Waals surface area contributed by atoms with E-state index < -0.39 is 0 Å². The molecule has 0 aromatic rings. The molecule has 1 saturated carbocycles. The van der Waals surface area contributed by atoms with Gasteiger partial charge in [0.25, 0.3) is 0 Å². The van der Waals surface area contributed by atoms with Crippen LogP contribution in [0.4, 0.5) is 0 Å². The van der Waals surface area contributed by atoms with Crippen LogP contribution < -0.4 is 11.1 Å². The van der Waals surface area contributed by atoms with Gasteiger partial charge < -0.3 is 15.8 Å². The molecule has 1 aliphatic carbocycles. The lowest BCUT2D eigenvalue weighted by Gasteiger charge is -2.51. The van der Waals surface area contributed by atoms with Gasteiger partial charge >= 0.3 is 0 Å². The lowest BCUT2D eigenvalue weighted by molar-refractivity contribution is -0.121. The summed E-state index contributed by atoms with van der Waals surface area (Å²) in [6, 6.07) is 0. The Labute approximate surface area is 165 Å². The van der Waals surface area contributed by atoms with Gasteiger partial charge in [-0.15, -0.1) is 24.0 Å². The van der Waals surface area contributed by atoms with Crippen molar-refractivity contribution >= 4 is 29.9 Å². The molecule has 0 atom stereocenters. The summed E-state index contributed by atoms with van der Waals surface area (Å²) < 4.78 is 5.91. The fourth-order valence-corrected chi connectivity index (χ4v) is 3.86. The zero-order valence-electron chi connectivity index (χ0n) is 16.2. The molecular weight excluding hydrogens is 415 g/mol. The lowest BCUT2D eigenvalue weighted by atomic mass is 9.79. The molecule has 6 heteroatoms. The second-order valence-corrected chi connectivity index (χ2v) is 8.89. The average Bonchev–Trinajstić information content (AvgIpc) is 2.43. The molecule has 24 heavy (non-hydrogen) atoms. The van der Waals surface area contributed by atoms with Gasteiger partial charge in [0.15, 0.2) is 5.96 Å². The molecule has 0 unspecified atom stereocenters. The highest BCUT2D eigenvalue weighted by molar-refractivity contribution is 14.0. The van der Waals surface area contributed by atoms with Gasteiger partial charge in [-0.1, -0.05) is 19.3 Å². The van der Waals surface area contributed by atoms with Gasteiger partial charge in [0.2, 0.25) is 0 Å². The van der Waals surface area contributed by atoms with E-state index in [9.17, 15) is 0 Å². The molecule has 0 amide bonds. The summed E-state index contributed by atoms with van der Waals surface area (Å²) in [6.07, 6.45) is 6.36. The maximum Gasteiger partial charge on any atom is 0.189 e. The zero-order chi connectivity index (χ0) is 17.1. The van der Waals surface area contributed by atoms with Crippen molar-refractivity contribution in [3.05, 3.63) is 0 Å². The highest BCUT2D eigenvalue weighted by atomic mass is 127. The van der Waals surface area contributed by atoms with Gasteiger partial charge in [0.05, 0.1) is 18.8 Å². The molecule has 5 nitrogen and oxygen atoms in total. The van der Waals surface area contributed by atoms with Crippen LogP contribution >= 0.6 is 24.0 Å². The van der Waals surface area contributed by atoms with Crippen molar-refractivity contribution in [1.82, 2.24) is 10.2 Å². The van der Waals surface area contributed by atoms with Crippen LogP contribution in [0.15, 0.2) is 4.99 Å². The van der Waals surface area contributed by atoms with Crippen molar-refractivity contribution in [1.29, 1.82) is 0 Å². The van der Waals surface area contributed by atoms with E-state index in [0.29, 0.717) is 5.96 Å². The number of nitrogens with two attached hydrogens (primary N) is 1. The Morgan fingerprint density at radius 3 is 2.38 bits per heavy atom. The molecule has 2 aliphatic rings. The first-order valence-electron chi connectivity index (χ1n) is 9.09. The summed E-state index contributed by atoms with van der Waals surface area (Å²) in [4.78, 5) is 7.36. The van der Waals surface area contributed by atoms with Gasteiger partial charge in [0, 0.05) is 24.2 Å². The van der Waals surface area contributed by atoms with E-state index in [1.54, 1.807) is 0 Å². The van der Waals surface area contributed by atoms with E-state index >= 15 is 0 Å². The Balaban J connectivity index is 0.00000288. The first-order chi connectivity index (χ1) is 10.6. The van der Waals surface area contributed by atoms with Gasteiger partial charge in [-0.2, -0.15) is 0 Å². The van der Waals surface area contributed by atoms with Crippen molar-refractivity contribution in [3.63, 3.8) is 0 Å². The molecule has 2 rings (SSSR count). The standard InChI is InChI=1S/C18H36N4O.HI/c1-16(2,3)21-15(19)20-13-18(9-7-6-8-10-18)22-11-12-23-17(4,5)14-22;/h6-14H2,1-5H3,(H3,19,20,21);1H. The summed E-state index contributed by atoms with van der Waals surface area (Å²) >= 11 is 0. The molecular formula is C18H37IN4O. The number of guanidine groups is 1. The Bertz CT molecular complexity index is 425. The average molecular weight is 452 g/mol. The largest absolute Gasteiger partial charge is 0.373 e. The molecule has 1 aliphatic heterocycles. The second-order valence-electron chi connectivity index (χ2n) is 8.89. The molecule has 0 aromatic heterocycles. The number of morpholine rings is 1. The predicted octanol–water partition coefficient (Wildman–Crippen LogP) is 3.12. The Kier molecular flexibility index (Phi) is 7.81. The molecule has 0 radical (unpaired) electrons. The zero-order valence-corrected chi connectivity index (χ0v) is 18.5. The van der Waals surface area contributed by atoms with Crippen molar-refractivity contribution in [2.45, 2.75) is 83.4 Å². The highest BCUT2D eigenvalue weighted by Crippen LogP contribution is 2.36. The Morgan fingerprint density at radius 1 is 1.21 bits per heavy atom. The summed E-state index contributed by atoms with van der Waals surface area (Å²) in [5, 5.41) is 3.28. The third kappa shape index (κ3) is 6.33. The molecule has 0 aromatic carbocycles. The summed E-state index contributed by atoms with van der Waals surface area (Å²) in [6.45, 7) is 14.3. The maximum atomic E-state index is 6.11. The topological polar surface area (TPSA) is 62.9 Å². The minimum atomic E-state index is -0.0678. The molecule has 1 heterocycles. The van der Waals surface area contributed by atoms with E-state index in [1.807, 2.05) is 0 Å². The van der Waals surface area contributed by atoms with Gasteiger partial charge in [-0.25, -0.2) is 0 Å². The van der Waals surface area contributed by atoms with Crippen molar-refractivity contribution in [2.24, 2.45) is 10.7 Å². The number of halogens is 1. The molecule has 0 bridgehead atoms. The molecule has 142 valence electrons. The summed E-state index contributed by atoms with van der Waals surface area (Å²) in [7, 11) is 0. The Morgan fingerprint density at radius 2 is 1.83 bits per heavy atom. The molecule has 3 N–H and O–H groups in total. The van der Waals surface area contributed by atoms with Crippen LogP contribution in [0.5, 0.6) is 0 Å². The van der Waals surface area contributed by atoms with Gasteiger partial charge in [-0.05, 0) is 47.5 Å². The SMILES string of the molecule is CC(C)(C)NC(N)=NCC1(N2CCOC(C)(C)C2)CCCCC1.I. The van der Waals surface area contributed by atoms with Crippen LogP contribution in [-0.4, -0.2) is 53.8 Å². The van der Waals surface area contributed by atoms with Crippen LogP contribution in [0.1, 0.15) is 66.7 Å². The van der Waals surface area contributed by atoms with Crippen LogP contribution in [0.3, 0.4) is 0 Å². The third-order valence-corrected chi connectivity index (χ3v) is 4.93. The summed E-state index contributed by atoms with van der Waals surface area (Å²) in [5.74, 6) is 0.565. The molecule has 1 saturated heterocycles. The fraction of sp³-hybridized carbons (Fsp3) is 0.944. The van der Waals surface area contributed by atoms with Crippen LogP contribution in [0.2, 0.25) is 0 Å². The Hall–Kier alpha value is -0.0800. The number of nitrogens with zero attached hydrogens (tertiary/aromatic N) is 2. The van der Waals surface area contributed by atoms with Crippen molar-refractivity contribution in [3.8, 4) is 0 Å². The second kappa shape index (κ2) is 8.54. The van der Waals surface area contributed by atoms with Crippen LogP contribution in [-0.2, 0) is 4.74 Å². The predicted molar refractivity (Wildman–Crippen MR) is 112 cm³/mol. The lowest BCUT2D eigenvalue weighted by Crippen LogP contribution is -2.61. The molecule has 0 spiro atoms. The van der Waals surface area contributed by atoms with E-state index in [-0.39, 0.29) is 40.7 Å². The van der Waals surface area contributed by atoms with Crippen molar-refractivity contribution in [2.75, 3.05) is 26.2 Å². The smallest absolute Gasteiger partial charge is 0.189 e. The van der Waals surface area contributed by atoms with E-state index in [1.165, 1.54) is 32.1 Å². The number of rotatable bonds is 3. The van der Waals surface area contributed by atoms with Crippen molar-refractivity contribution < 1.29 is 4.74 Å².